The van der Waals surface area contributed by atoms with E-state index < -0.39 is 0 Å². The van der Waals surface area contributed by atoms with E-state index in [9.17, 15) is 0 Å². The van der Waals surface area contributed by atoms with Gasteiger partial charge in [-0.1, -0.05) is 18.2 Å². The Morgan fingerprint density at radius 3 is 2.47 bits per heavy atom. The second kappa shape index (κ2) is 4.53. The number of rotatable bonds is 4. The molecule has 1 nitrogen and oxygen atoms in total. The van der Waals surface area contributed by atoms with Gasteiger partial charge in [0.25, 0.3) is 0 Å². The van der Waals surface area contributed by atoms with Gasteiger partial charge < -0.3 is 4.74 Å². The lowest BCUT2D eigenvalue weighted by Gasteiger charge is -2.15. The minimum absolute atomic E-state index is 0.598. The third kappa shape index (κ3) is 2.22. The fourth-order valence-corrected chi connectivity index (χ4v) is 3.32. The summed E-state index contributed by atoms with van der Waals surface area (Å²) in [5, 5.41) is 2.17. The van der Waals surface area contributed by atoms with Crippen molar-refractivity contribution in [1.29, 1.82) is 0 Å². The van der Waals surface area contributed by atoms with Gasteiger partial charge in [-0.25, -0.2) is 0 Å². The van der Waals surface area contributed by atoms with Gasteiger partial charge in [-0.2, -0.15) is 0 Å². The Kier molecular flexibility index (Phi) is 2.89. The molecule has 1 heterocycles. The molecule has 1 unspecified atom stereocenters. The van der Waals surface area contributed by atoms with Crippen molar-refractivity contribution < 1.29 is 4.74 Å². The fraction of sp³-hybridized carbons (Fsp3) is 0.333. The molecule has 3 rings (SSSR count). The average Bonchev–Trinajstić information content (AvgIpc) is 3.05. The van der Waals surface area contributed by atoms with Crippen molar-refractivity contribution in [2.45, 2.75) is 18.8 Å². The van der Waals surface area contributed by atoms with Crippen LogP contribution < -0.4 is 4.74 Å². The topological polar surface area (TPSA) is 9.23 Å². The number of hydrogen-bond donors (Lipinski definition) is 0. The number of thiophene rings is 1. The lowest BCUT2D eigenvalue weighted by molar-refractivity contribution is 0.414. The number of hydrogen-bond acceptors (Lipinski definition) is 2. The predicted molar refractivity (Wildman–Crippen MR) is 71.9 cm³/mol. The Morgan fingerprint density at radius 2 is 1.94 bits per heavy atom. The van der Waals surface area contributed by atoms with Crippen LogP contribution in [0.1, 0.15) is 29.2 Å². The van der Waals surface area contributed by atoms with Gasteiger partial charge in [0.05, 0.1) is 7.11 Å². The van der Waals surface area contributed by atoms with Gasteiger partial charge in [0.1, 0.15) is 5.75 Å². The maximum atomic E-state index is 5.22. The minimum Gasteiger partial charge on any atom is -0.497 e. The molecule has 17 heavy (non-hydrogen) atoms. The van der Waals surface area contributed by atoms with Crippen LogP contribution in [0.2, 0.25) is 0 Å². The van der Waals surface area contributed by atoms with Crippen molar-refractivity contribution in [2.24, 2.45) is 5.92 Å². The molecule has 1 aliphatic rings. The lowest BCUT2D eigenvalue weighted by atomic mass is 9.92. The highest BCUT2D eigenvalue weighted by Gasteiger charge is 2.33. The molecule has 1 saturated carbocycles. The van der Waals surface area contributed by atoms with Crippen molar-refractivity contribution in [3.8, 4) is 5.75 Å². The molecule has 2 heteroatoms. The van der Waals surface area contributed by atoms with Gasteiger partial charge in [-0.15, -0.1) is 11.3 Å². The van der Waals surface area contributed by atoms with Crippen molar-refractivity contribution in [3.05, 3.63) is 52.2 Å². The zero-order chi connectivity index (χ0) is 11.7. The monoisotopic (exact) mass is 244 g/mol. The molecule has 1 aromatic carbocycles. The molecule has 0 spiro atoms. The van der Waals surface area contributed by atoms with E-state index in [1.165, 1.54) is 23.3 Å². The van der Waals surface area contributed by atoms with Crippen LogP contribution in [0.4, 0.5) is 0 Å². The fourth-order valence-electron chi connectivity index (χ4n) is 2.38. The first-order valence-corrected chi connectivity index (χ1v) is 6.94. The smallest absolute Gasteiger partial charge is 0.118 e. The first-order valence-electron chi connectivity index (χ1n) is 6.06. The van der Waals surface area contributed by atoms with E-state index in [1.807, 2.05) is 11.3 Å². The standard InChI is InChI=1S/C15H16OS/c1-16-13-8-6-12(7-9-13)15(11-4-5-11)14-3-2-10-17-14/h2-3,6-11,15H,4-5H2,1H3. The Hall–Kier alpha value is -1.28. The van der Waals surface area contributed by atoms with Crippen molar-refractivity contribution in [3.63, 3.8) is 0 Å². The predicted octanol–water partition coefficient (Wildman–Crippen LogP) is 4.30. The molecule has 0 radical (unpaired) electrons. The molecule has 88 valence electrons. The molecule has 1 aromatic heterocycles. The molecular formula is C15H16OS. The Labute approximate surface area is 106 Å². The first-order chi connectivity index (χ1) is 8.38. The highest BCUT2D eigenvalue weighted by Crippen LogP contribution is 2.47. The summed E-state index contributed by atoms with van der Waals surface area (Å²) in [4.78, 5) is 1.50. The normalized spacial score (nSPS) is 16.8. The summed E-state index contributed by atoms with van der Waals surface area (Å²) in [6.07, 6.45) is 2.74. The summed E-state index contributed by atoms with van der Waals surface area (Å²) in [5.74, 6) is 2.39. The second-order valence-corrected chi connectivity index (χ2v) is 5.58. The van der Waals surface area contributed by atoms with E-state index in [0.29, 0.717) is 5.92 Å². The third-order valence-electron chi connectivity index (χ3n) is 3.42. The van der Waals surface area contributed by atoms with Gasteiger partial charge in [-0.3, -0.25) is 0 Å². The SMILES string of the molecule is COc1ccc(C(c2cccs2)C2CC2)cc1. The maximum absolute atomic E-state index is 5.22. The average molecular weight is 244 g/mol. The molecule has 0 N–H and O–H groups in total. The third-order valence-corrected chi connectivity index (χ3v) is 4.37. The largest absolute Gasteiger partial charge is 0.497 e. The van der Waals surface area contributed by atoms with E-state index in [0.717, 1.165) is 11.7 Å². The van der Waals surface area contributed by atoms with Gasteiger partial charge in [0.2, 0.25) is 0 Å². The van der Waals surface area contributed by atoms with Crippen LogP contribution in [0.25, 0.3) is 0 Å². The summed E-state index contributed by atoms with van der Waals surface area (Å²) in [7, 11) is 1.71. The molecule has 0 amide bonds. The van der Waals surface area contributed by atoms with E-state index in [2.05, 4.69) is 41.8 Å². The van der Waals surface area contributed by atoms with Crippen LogP contribution in [0, 0.1) is 5.92 Å². The number of methoxy groups -OCH3 is 1. The lowest BCUT2D eigenvalue weighted by Crippen LogP contribution is -2.01. The van der Waals surface area contributed by atoms with Crippen LogP contribution in [0.3, 0.4) is 0 Å². The Balaban J connectivity index is 1.92. The van der Waals surface area contributed by atoms with Crippen molar-refractivity contribution >= 4 is 11.3 Å². The van der Waals surface area contributed by atoms with Crippen LogP contribution >= 0.6 is 11.3 Å². The minimum atomic E-state index is 0.598. The van der Waals surface area contributed by atoms with Gasteiger partial charge in [0, 0.05) is 10.8 Å². The van der Waals surface area contributed by atoms with Gasteiger partial charge in [-0.05, 0) is 47.9 Å². The molecule has 2 aromatic rings. The van der Waals surface area contributed by atoms with Crippen LogP contribution in [0.5, 0.6) is 5.75 Å². The quantitative estimate of drug-likeness (QED) is 0.779. The van der Waals surface area contributed by atoms with E-state index >= 15 is 0 Å². The summed E-state index contributed by atoms with van der Waals surface area (Å²) < 4.78 is 5.22. The summed E-state index contributed by atoms with van der Waals surface area (Å²) >= 11 is 1.87. The number of ether oxygens (including phenoxy) is 1. The first kappa shape index (κ1) is 10.8. The molecular weight excluding hydrogens is 228 g/mol. The van der Waals surface area contributed by atoms with E-state index in [-0.39, 0.29) is 0 Å². The summed E-state index contributed by atoms with van der Waals surface area (Å²) in [5.41, 5.74) is 1.43. The summed E-state index contributed by atoms with van der Waals surface area (Å²) in [6, 6.07) is 13.0. The van der Waals surface area contributed by atoms with E-state index in [1.54, 1.807) is 7.11 Å². The zero-order valence-electron chi connectivity index (χ0n) is 9.93. The second-order valence-electron chi connectivity index (χ2n) is 4.60. The van der Waals surface area contributed by atoms with Crippen molar-refractivity contribution in [1.82, 2.24) is 0 Å². The van der Waals surface area contributed by atoms with Crippen LogP contribution in [-0.4, -0.2) is 7.11 Å². The summed E-state index contributed by atoms with van der Waals surface area (Å²) in [6.45, 7) is 0. The molecule has 1 fully saturated rings. The molecule has 1 atom stereocenters. The molecule has 0 aliphatic heterocycles. The molecule has 1 aliphatic carbocycles. The van der Waals surface area contributed by atoms with E-state index in [4.69, 9.17) is 4.74 Å². The van der Waals surface area contributed by atoms with Gasteiger partial charge >= 0.3 is 0 Å². The molecule has 0 bridgehead atoms. The van der Waals surface area contributed by atoms with Crippen LogP contribution in [0.15, 0.2) is 41.8 Å². The molecule has 0 saturated heterocycles. The van der Waals surface area contributed by atoms with Crippen molar-refractivity contribution in [2.75, 3.05) is 7.11 Å². The Morgan fingerprint density at radius 1 is 1.18 bits per heavy atom. The van der Waals surface area contributed by atoms with Gasteiger partial charge in [0.15, 0.2) is 0 Å². The highest BCUT2D eigenvalue weighted by molar-refractivity contribution is 7.10. The highest BCUT2D eigenvalue weighted by atomic mass is 32.1. The van der Waals surface area contributed by atoms with Crippen LogP contribution in [-0.2, 0) is 0 Å². The maximum Gasteiger partial charge on any atom is 0.118 e. The zero-order valence-corrected chi connectivity index (χ0v) is 10.7. The Bertz CT molecular complexity index is 468. The number of benzene rings is 1.